The predicted octanol–water partition coefficient (Wildman–Crippen LogP) is 4.19. The summed E-state index contributed by atoms with van der Waals surface area (Å²) in [6.07, 6.45) is 1.88. The third-order valence-corrected chi connectivity index (χ3v) is 3.24. The lowest BCUT2D eigenvalue weighted by Crippen LogP contribution is -2.12. The Morgan fingerprint density at radius 2 is 1.86 bits per heavy atom. The summed E-state index contributed by atoms with van der Waals surface area (Å²) in [5, 5.41) is 2.87. The summed E-state index contributed by atoms with van der Waals surface area (Å²) in [6, 6.07) is 13.8. The number of hydrogen-bond acceptors (Lipinski definition) is 2. The van der Waals surface area contributed by atoms with Gasteiger partial charge in [0.05, 0.1) is 12.3 Å². The molecule has 0 saturated carbocycles. The van der Waals surface area contributed by atoms with Crippen molar-refractivity contribution in [2.45, 2.75) is 26.2 Å². The summed E-state index contributed by atoms with van der Waals surface area (Å²) < 4.78 is 18.3. The average Bonchev–Trinajstić information content (AvgIpc) is 2.51. The van der Waals surface area contributed by atoms with Gasteiger partial charge < -0.3 is 10.1 Å². The number of nitrogens with one attached hydrogen (secondary N) is 1. The Balaban J connectivity index is 1.82. The third-order valence-electron chi connectivity index (χ3n) is 3.24. The van der Waals surface area contributed by atoms with E-state index in [-0.39, 0.29) is 11.7 Å². The van der Waals surface area contributed by atoms with Gasteiger partial charge in [-0.25, -0.2) is 4.39 Å². The summed E-state index contributed by atoms with van der Waals surface area (Å²) >= 11 is 0. The number of carbonyl (C=O) groups excluding carboxylic acids is 1. The van der Waals surface area contributed by atoms with Crippen LogP contribution in [-0.2, 0) is 11.2 Å². The van der Waals surface area contributed by atoms with Crippen LogP contribution in [0.1, 0.15) is 25.3 Å². The van der Waals surface area contributed by atoms with Crippen molar-refractivity contribution in [2.75, 3.05) is 11.9 Å². The van der Waals surface area contributed by atoms with Gasteiger partial charge in [0, 0.05) is 6.42 Å². The van der Waals surface area contributed by atoms with Crippen molar-refractivity contribution in [1.29, 1.82) is 0 Å². The van der Waals surface area contributed by atoms with Gasteiger partial charge in [-0.3, -0.25) is 4.79 Å². The molecule has 0 aliphatic heterocycles. The minimum Gasteiger partial charge on any atom is -0.492 e. The van der Waals surface area contributed by atoms with Gasteiger partial charge in [-0.05, 0) is 49.6 Å². The van der Waals surface area contributed by atoms with Crippen molar-refractivity contribution in [3.05, 3.63) is 59.9 Å². The predicted molar refractivity (Wildman–Crippen MR) is 85.6 cm³/mol. The van der Waals surface area contributed by atoms with E-state index in [0.29, 0.717) is 30.9 Å². The number of para-hydroxylation sites is 2. The lowest BCUT2D eigenvalue weighted by atomic mass is 10.1. The highest BCUT2D eigenvalue weighted by atomic mass is 19.1. The zero-order valence-electron chi connectivity index (χ0n) is 12.6. The Morgan fingerprint density at radius 1 is 1.14 bits per heavy atom. The summed E-state index contributed by atoms with van der Waals surface area (Å²) in [7, 11) is 0. The molecule has 116 valence electrons. The first-order valence-corrected chi connectivity index (χ1v) is 7.45. The van der Waals surface area contributed by atoms with Crippen molar-refractivity contribution in [3.63, 3.8) is 0 Å². The van der Waals surface area contributed by atoms with Gasteiger partial charge in [0.1, 0.15) is 11.6 Å². The minimum absolute atomic E-state index is 0.0470. The molecule has 2 aromatic rings. The first-order chi connectivity index (χ1) is 10.7. The largest absolute Gasteiger partial charge is 0.492 e. The number of carbonyl (C=O) groups is 1. The first-order valence-electron chi connectivity index (χ1n) is 7.45. The number of aryl methyl sites for hydroxylation is 1. The average molecular weight is 301 g/mol. The molecule has 2 aromatic carbocycles. The van der Waals surface area contributed by atoms with Crippen LogP contribution in [0.4, 0.5) is 10.1 Å². The van der Waals surface area contributed by atoms with E-state index >= 15 is 0 Å². The van der Waals surface area contributed by atoms with E-state index in [1.54, 1.807) is 12.1 Å². The monoisotopic (exact) mass is 301 g/mol. The smallest absolute Gasteiger partial charge is 0.224 e. The van der Waals surface area contributed by atoms with Crippen LogP contribution >= 0.6 is 0 Å². The quantitative estimate of drug-likeness (QED) is 0.833. The molecule has 1 amide bonds. The maximum absolute atomic E-state index is 12.8. The second-order valence-corrected chi connectivity index (χ2v) is 4.96. The van der Waals surface area contributed by atoms with E-state index in [4.69, 9.17) is 4.74 Å². The zero-order valence-corrected chi connectivity index (χ0v) is 12.6. The molecule has 0 atom stereocenters. The Morgan fingerprint density at radius 3 is 2.59 bits per heavy atom. The van der Waals surface area contributed by atoms with Gasteiger partial charge in [-0.2, -0.15) is 0 Å². The molecule has 0 heterocycles. The van der Waals surface area contributed by atoms with Crippen LogP contribution in [0.15, 0.2) is 48.5 Å². The van der Waals surface area contributed by atoms with Gasteiger partial charge in [0.15, 0.2) is 0 Å². The maximum Gasteiger partial charge on any atom is 0.224 e. The maximum atomic E-state index is 12.8. The zero-order chi connectivity index (χ0) is 15.8. The molecule has 0 spiro atoms. The van der Waals surface area contributed by atoms with Crippen LogP contribution in [0.2, 0.25) is 0 Å². The standard InChI is InChI=1S/C18H20FNO2/c1-2-22-17-8-4-3-7-16(17)20-18(21)9-5-6-14-10-12-15(19)13-11-14/h3-4,7-8,10-13H,2,5-6,9H2,1H3,(H,20,21). The number of rotatable bonds is 7. The number of anilines is 1. The molecular weight excluding hydrogens is 281 g/mol. The second-order valence-electron chi connectivity index (χ2n) is 4.96. The Hall–Kier alpha value is -2.36. The number of ether oxygens (including phenoxy) is 1. The van der Waals surface area contributed by atoms with E-state index in [9.17, 15) is 9.18 Å². The minimum atomic E-state index is -0.242. The van der Waals surface area contributed by atoms with Crippen LogP contribution in [0, 0.1) is 5.82 Å². The Kier molecular flexibility index (Phi) is 5.95. The summed E-state index contributed by atoms with van der Waals surface area (Å²) in [5.74, 6) is 0.389. The van der Waals surface area contributed by atoms with Crippen molar-refractivity contribution in [2.24, 2.45) is 0 Å². The molecule has 4 heteroatoms. The number of halogens is 1. The normalized spacial score (nSPS) is 10.3. The van der Waals surface area contributed by atoms with Gasteiger partial charge in [-0.1, -0.05) is 24.3 Å². The van der Waals surface area contributed by atoms with Crippen molar-refractivity contribution >= 4 is 11.6 Å². The third kappa shape index (κ3) is 4.88. The molecule has 1 N–H and O–H groups in total. The molecule has 0 aliphatic rings. The van der Waals surface area contributed by atoms with Crippen molar-refractivity contribution < 1.29 is 13.9 Å². The van der Waals surface area contributed by atoms with Crippen LogP contribution in [0.5, 0.6) is 5.75 Å². The van der Waals surface area contributed by atoms with Crippen molar-refractivity contribution in [1.82, 2.24) is 0 Å². The number of benzene rings is 2. The SMILES string of the molecule is CCOc1ccccc1NC(=O)CCCc1ccc(F)cc1. The Bertz CT molecular complexity index is 611. The highest BCUT2D eigenvalue weighted by Gasteiger charge is 2.07. The molecule has 2 rings (SSSR count). The lowest BCUT2D eigenvalue weighted by molar-refractivity contribution is -0.116. The number of amides is 1. The van der Waals surface area contributed by atoms with Crippen LogP contribution in [0.3, 0.4) is 0 Å². The summed E-state index contributed by atoms with van der Waals surface area (Å²) in [4.78, 5) is 12.0. The summed E-state index contributed by atoms with van der Waals surface area (Å²) in [5.41, 5.74) is 1.72. The van der Waals surface area contributed by atoms with Crippen LogP contribution in [-0.4, -0.2) is 12.5 Å². The molecule has 3 nitrogen and oxygen atoms in total. The van der Waals surface area contributed by atoms with Gasteiger partial charge in [-0.15, -0.1) is 0 Å². The first kappa shape index (κ1) is 16.0. The molecule has 0 fully saturated rings. The highest BCUT2D eigenvalue weighted by Crippen LogP contribution is 2.23. The molecule has 0 aliphatic carbocycles. The van der Waals surface area contributed by atoms with Crippen molar-refractivity contribution in [3.8, 4) is 5.75 Å². The van der Waals surface area contributed by atoms with E-state index in [2.05, 4.69) is 5.32 Å². The topological polar surface area (TPSA) is 38.3 Å². The fourth-order valence-electron chi connectivity index (χ4n) is 2.17. The van der Waals surface area contributed by atoms with E-state index in [0.717, 1.165) is 12.0 Å². The highest BCUT2D eigenvalue weighted by molar-refractivity contribution is 5.92. The van der Waals surface area contributed by atoms with Crippen LogP contribution < -0.4 is 10.1 Å². The lowest BCUT2D eigenvalue weighted by Gasteiger charge is -2.11. The molecule has 22 heavy (non-hydrogen) atoms. The van der Waals surface area contributed by atoms with E-state index in [1.807, 2.05) is 31.2 Å². The number of hydrogen-bond donors (Lipinski definition) is 1. The van der Waals surface area contributed by atoms with Gasteiger partial charge in [0.25, 0.3) is 0 Å². The molecule has 0 aromatic heterocycles. The molecule has 0 radical (unpaired) electrons. The second kappa shape index (κ2) is 8.17. The molecule has 0 bridgehead atoms. The molecule has 0 saturated heterocycles. The van der Waals surface area contributed by atoms with E-state index in [1.165, 1.54) is 12.1 Å². The fourth-order valence-corrected chi connectivity index (χ4v) is 2.17. The summed E-state index contributed by atoms with van der Waals surface area (Å²) in [6.45, 7) is 2.46. The van der Waals surface area contributed by atoms with E-state index < -0.39 is 0 Å². The molecule has 0 unspecified atom stereocenters. The Labute approximate surface area is 130 Å². The fraction of sp³-hybridized carbons (Fsp3) is 0.278. The van der Waals surface area contributed by atoms with Gasteiger partial charge >= 0.3 is 0 Å². The molecular formula is C18H20FNO2. The van der Waals surface area contributed by atoms with Crippen LogP contribution in [0.25, 0.3) is 0 Å². The van der Waals surface area contributed by atoms with Gasteiger partial charge in [0.2, 0.25) is 5.91 Å².